The summed E-state index contributed by atoms with van der Waals surface area (Å²) in [4.78, 5) is 2.34. The van der Waals surface area contributed by atoms with Crippen LogP contribution in [-0.2, 0) is 0 Å². The van der Waals surface area contributed by atoms with Crippen LogP contribution in [0.3, 0.4) is 0 Å². The summed E-state index contributed by atoms with van der Waals surface area (Å²) in [5.74, 6) is 2.26. The van der Waals surface area contributed by atoms with Crippen LogP contribution in [0.5, 0.6) is 0 Å². The van der Waals surface area contributed by atoms with E-state index in [4.69, 9.17) is 0 Å². The smallest absolute Gasteiger partial charge is 0.00158 e. The molecule has 2 aliphatic carbocycles. The van der Waals surface area contributed by atoms with E-state index in [1.807, 2.05) is 5.57 Å². The van der Waals surface area contributed by atoms with Crippen LogP contribution in [0.2, 0.25) is 0 Å². The minimum atomic E-state index is 0.677. The highest BCUT2D eigenvalue weighted by atomic mass is 15.0. The minimum Gasteiger partial charge on any atom is -0.309 e. The van der Waals surface area contributed by atoms with E-state index in [2.05, 4.69) is 46.7 Å². The summed E-state index contributed by atoms with van der Waals surface area (Å²) in [6.45, 7) is 10.8. The molecule has 0 bridgehead atoms. The van der Waals surface area contributed by atoms with Crippen molar-refractivity contribution in [2.45, 2.75) is 72.6 Å². The number of allylic oxidation sites excluding steroid dienone is 3. The van der Waals surface area contributed by atoms with Gasteiger partial charge >= 0.3 is 0 Å². The van der Waals surface area contributed by atoms with E-state index in [0.717, 1.165) is 5.92 Å². The Hall–Kier alpha value is -0.560. The first-order chi connectivity index (χ1) is 10.4. The highest BCUT2D eigenvalue weighted by Crippen LogP contribution is 2.47. The van der Waals surface area contributed by atoms with Gasteiger partial charge in [0.2, 0.25) is 0 Å². The Morgan fingerprint density at radius 3 is 2.09 bits per heavy atom. The molecule has 0 unspecified atom stereocenters. The Morgan fingerprint density at radius 1 is 0.955 bits per heavy atom. The second-order valence-corrected chi connectivity index (χ2v) is 8.32. The zero-order chi connectivity index (χ0) is 16.3. The average Bonchev–Trinajstić information content (AvgIpc) is 2.85. The maximum atomic E-state index is 2.40. The fraction of sp³-hybridized carbons (Fsp3) is 0.810. The van der Waals surface area contributed by atoms with Crippen LogP contribution >= 0.6 is 0 Å². The van der Waals surface area contributed by atoms with E-state index in [-0.39, 0.29) is 0 Å². The van der Waals surface area contributed by atoms with Crippen molar-refractivity contribution < 1.29 is 0 Å². The monoisotopic (exact) mass is 303 g/mol. The normalized spacial score (nSPS) is 21.1. The van der Waals surface area contributed by atoms with Crippen LogP contribution in [0.15, 0.2) is 22.3 Å². The first kappa shape index (κ1) is 17.8. The van der Waals surface area contributed by atoms with E-state index in [0.29, 0.717) is 11.8 Å². The van der Waals surface area contributed by atoms with Crippen LogP contribution in [0.1, 0.15) is 72.6 Å². The second kappa shape index (κ2) is 7.81. The molecule has 0 aromatic carbocycles. The molecule has 0 aromatic heterocycles. The molecular formula is C21H37N. The van der Waals surface area contributed by atoms with Crippen molar-refractivity contribution in [3.8, 4) is 0 Å². The topological polar surface area (TPSA) is 3.24 Å². The van der Waals surface area contributed by atoms with Gasteiger partial charge in [-0.25, -0.2) is 0 Å². The molecule has 1 nitrogen and oxygen atoms in total. The lowest BCUT2D eigenvalue weighted by Gasteiger charge is -2.26. The number of hydrogen-bond donors (Lipinski definition) is 0. The third-order valence-corrected chi connectivity index (χ3v) is 5.62. The van der Waals surface area contributed by atoms with Crippen molar-refractivity contribution >= 4 is 0 Å². The van der Waals surface area contributed by atoms with Crippen LogP contribution < -0.4 is 0 Å². The predicted octanol–water partition coefficient (Wildman–Crippen LogP) is 5.83. The van der Waals surface area contributed by atoms with E-state index >= 15 is 0 Å². The zero-order valence-corrected chi connectivity index (χ0v) is 15.8. The molecule has 1 saturated carbocycles. The van der Waals surface area contributed by atoms with E-state index in [9.17, 15) is 0 Å². The molecule has 0 N–H and O–H groups in total. The summed E-state index contributed by atoms with van der Waals surface area (Å²) in [6.07, 6.45) is 9.78. The summed E-state index contributed by atoms with van der Waals surface area (Å²) in [7, 11) is 4.41. The SMILES string of the molecule is CC(C)C1=C(C(C)C)C(CCN(C)C)=C(C2CCCCC2)C1. The van der Waals surface area contributed by atoms with E-state index < -0.39 is 0 Å². The Morgan fingerprint density at radius 2 is 1.59 bits per heavy atom. The van der Waals surface area contributed by atoms with Crippen molar-refractivity contribution in [2.75, 3.05) is 20.6 Å². The Kier molecular flexibility index (Phi) is 6.32. The van der Waals surface area contributed by atoms with Crippen molar-refractivity contribution in [1.82, 2.24) is 4.90 Å². The molecule has 0 atom stereocenters. The highest BCUT2D eigenvalue weighted by molar-refractivity contribution is 5.50. The third kappa shape index (κ3) is 4.04. The van der Waals surface area contributed by atoms with E-state index in [1.165, 1.54) is 51.5 Å². The molecule has 0 amide bonds. The van der Waals surface area contributed by atoms with Crippen LogP contribution in [0.4, 0.5) is 0 Å². The maximum absolute atomic E-state index is 2.40. The van der Waals surface area contributed by atoms with Crippen molar-refractivity contribution in [1.29, 1.82) is 0 Å². The molecule has 22 heavy (non-hydrogen) atoms. The van der Waals surface area contributed by atoms with E-state index in [1.54, 1.807) is 16.7 Å². The Labute approximate surface area is 138 Å². The van der Waals surface area contributed by atoms with Crippen LogP contribution in [0.25, 0.3) is 0 Å². The molecule has 2 rings (SSSR count). The zero-order valence-electron chi connectivity index (χ0n) is 15.8. The quantitative estimate of drug-likeness (QED) is 0.597. The van der Waals surface area contributed by atoms with Gasteiger partial charge in [-0.2, -0.15) is 0 Å². The largest absolute Gasteiger partial charge is 0.309 e. The molecule has 0 aliphatic heterocycles. The molecule has 0 heterocycles. The van der Waals surface area contributed by atoms with Crippen molar-refractivity contribution in [2.24, 2.45) is 17.8 Å². The molecule has 2 aliphatic rings. The molecule has 0 radical (unpaired) electrons. The molecule has 1 fully saturated rings. The minimum absolute atomic E-state index is 0.677. The van der Waals surface area contributed by atoms with Gasteiger partial charge in [-0.05, 0) is 68.7 Å². The molecule has 0 spiro atoms. The standard InChI is InChI=1S/C21H37N/c1-15(2)19-14-20(17-10-8-7-9-11-17)18(12-13-22(5)6)21(19)16(3)4/h15-17H,7-14H2,1-6H3. The van der Waals surface area contributed by atoms with Gasteiger partial charge in [-0.1, -0.05) is 58.1 Å². The van der Waals surface area contributed by atoms with Gasteiger partial charge in [0.25, 0.3) is 0 Å². The molecule has 0 saturated heterocycles. The first-order valence-corrected chi connectivity index (χ1v) is 9.51. The molecule has 1 heteroatoms. The molecular weight excluding hydrogens is 266 g/mol. The first-order valence-electron chi connectivity index (χ1n) is 9.51. The van der Waals surface area contributed by atoms with Crippen molar-refractivity contribution in [3.05, 3.63) is 22.3 Å². The van der Waals surface area contributed by atoms with Gasteiger partial charge in [0.15, 0.2) is 0 Å². The average molecular weight is 304 g/mol. The maximum Gasteiger partial charge on any atom is 0.00158 e. The summed E-state index contributed by atoms with van der Waals surface area (Å²) >= 11 is 0. The molecule has 126 valence electrons. The fourth-order valence-electron chi connectivity index (χ4n) is 4.48. The summed E-state index contributed by atoms with van der Waals surface area (Å²) in [5, 5.41) is 0. The van der Waals surface area contributed by atoms with Gasteiger partial charge in [0, 0.05) is 6.54 Å². The van der Waals surface area contributed by atoms with Crippen LogP contribution in [-0.4, -0.2) is 25.5 Å². The lowest BCUT2D eigenvalue weighted by atomic mass is 9.80. The number of rotatable bonds is 6. The third-order valence-electron chi connectivity index (χ3n) is 5.62. The second-order valence-electron chi connectivity index (χ2n) is 8.32. The number of nitrogens with zero attached hydrogens (tertiary/aromatic N) is 1. The predicted molar refractivity (Wildman–Crippen MR) is 98.1 cm³/mol. The molecule has 0 aromatic rings. The van der Waals surface area contributed by atoms with Gasteiger partial charge in [-0.15, -0.1) is 0 Å². The van der Waals surface area contributed by atoms with Crippen molar-refractivity contribution in [3.63, 3.8) is 0 Å². The van der Waals surface area contributed by atoms with Gasteiger partial charge < -0.3 is 4.90 Å². The van der Waals surface area contributed by atoms with Crippen LogP contribution in [0, 0.1) is 17.8 Å². The summed E-state index contributed by atoms with van der Waals surface area (Å²) in [6, 6.07) is 0. The number of hydrogen-bond acceptors (Lipinski definition) is 1. The van der Waals surface area contributed by atoms with Gasteiger partial charge in [-0.3, -0.25) is 0 Å². The lowest BCUT2D eigenvalue weighted by Crippen LogP contribution is -2.16. The highest BCUT2D eigenvalue weighted by Gasteiger charge is 2.31. The fourth-order valence-corrected chi connectivity index (χ4v) is 4.48. The Bertz CT molecular complexity index is 431. The lowest BCUT2D eigenvalue weighted by molar-refractivity contribution is 0.390. The summed E-state index contributed by atoms with van der Waals surface area (Å²) < 4.78 is 0. The summed E-state index contributed by atoms with van der Waals surface area (Å²) in [5.41, 5.74) is 7.09. The van der Waals surface area contributed by atoms with Gasteiger partial charge in [0.1, 0.15) is 0 Å². The van der Waals surface area contributed by atoms with Gasteiger partial charge in [0.05, 0.1) is 0 Å². The Balaban J connectivity index is 2.32.